The second-order valence-corrected chi connectivity index (χ2v) is 10.5. The Bertz CT molecular complexity index is 244. The van der Waals surface area contributed by atoms with E-state index >= 15 is 0 Å². The predicted molar refractivity (Wildman–Crippen MR) is 85.3 cm³/mol. The van der Waals surface area contributed by atoms with E-state index < -0.39 is 12.9 Å². The summed E-state index contributed by atoms with van der Waals surface area (Å²) in [7, 11) is -4.53. The van der Waals surface area contributed by atoms with E-state index in [0.29, 0.717) is 6.42 Å². The van der Waals surface area contributed by atoms with Crippen LogP contribution in [-0.2, 0) is 0 Å². The monoisotopic (exact) mass is 294 g/mol. The molecule has 0 aromatic carbocycles. The van der Waals surface area contributed by atoms with Crippen molar-refractivity contribution in [1.29, 1.82) is 0 Å². The van der Waals surface area contributed by atoms with Gasteiger partial charge in [0.05, 0.1) is 0 Å². The van der Waals surface area contributed by atoms with Crippen LogP contribution in [0.4, 0.5) is 0 Å². The summed E-state index contributed by atoms with van der Waals surface area (Å²) in [5.41, 5.74) is -0.851. The van der Waals surface area contributed by atoms with Crippen molar-refractivity contribution < 1.29 is 14.7 Å². The Morgan fingerprint density at radius 1 is 0.789 bits per heavy atom. The van der Waals surface area contributed by atoms with Crippen LogP contribution < -0.4 is 0 Å². The summed E-state index contributed by atoms with van der Waals surface area (Å²) in [6.07, 6.45) is 7.78. The molecule has 1 unspecified atom stereocenters. The van der Waals surface area contributed by atoms with Crippen LogP contribution in [0.15, 0.2) is 0 Å². The van der Waals surface area contributed by atoms with Crippen LogP contribution in [0.25, 0.3) is 0 Å². The summed E-state index contributed by atoms with van der Waals surface area (Å²) in [6, 6.07) is 0. The van der Waals surface area contributed by atoms with Crippen molar-refractivity contribution in [2.75, 3.05) is 0 Å². The van der Waals surface area contributed by atoms with Crippen molar-refractivity contribution in [3.8, 4) is 0 Å². The molecule has 0 spiro atoms. The molecule has 0 heterocycles. The average Bonchev–Trinajstić information content (AvgIpc) is 2.26. The van der Waals surface area contributed by atoms with Gasteiger partial charge in [-0.3, -0.25) is 0 Å². The van der Waals surface area contributed by atoms with E-state index in [-0.39, 0.29) is 11.6 Å². The first-order valence-corrected chi connectivity index (χ1v) is 10.1. The molecule has 3 N–H and O–H groups in total. The van der Waals surface area contributed by atoms with Gasteiger partial charge in [-0.15, -0.1) is 0 Å². The third-order valence-electron chi connectivity index (χ3n) is 4.25. The summed E-state index contributed by atoms with van der Waals surface area (Å²) in [5, 5.41) is 0. The molecule has 0 saturated heterocycles. The molecule has 0 rings (SSSR count). The van der Waals surface area contributed by atoms with Gasteiger partial charge < -0.3 is 0 Å². The Kier molecular flexibility index (Phi) is 8.06. The normalized spacial score (nSPS) is 16.6. The minimum atomic E-state index is -4.53. The molecule has 0 aliphatic carbocycles. The molecule has 1 atom stereocenters. The van der Waals surface area contributed by atoms with Crippen molar-refractivity contribution in [3.05, 3.63) is 0 Å². The van der Waals surface area contributed by atoms with Gasteiger partial charge in [0.15, 0.2) is 0 Å². The molecule has 0 saturated carbocycles. The first-order chi connectivity index (χ1) is 8.62. The second kappa shape index (κ2) is 7.93. The Balaban J connectivity index is 4.37. The average molecular weight is 294 g/mol. The van der Waals surface area contributed by atoms with Gasteiger partial charge in [0, 0.05) is 0 Å². The first-order valence-electron chi connectivity index (χ1n) is 7.87. The molecule has 4 heteroatoms. The molecule has 0 bridgehead atoms. The molecule has 0 aromatic rings. The summed E-state index contributed by atoms with van der Waals surface area (Å²) in [4.78, 5) is 31.1. The molecule has 118 valence electrons. The predicted octanol–water partition coefficient (Wildman–Crippen LogP) is 4.45. The Morgan fingerprint density at radius 2 is 1.26 bits per heavy atom. The molecule has 0 amide bonds. The first kappa shape index (κ1) is 19.3. The number of hydrogen-bond acceptors (Lipinski definition) is 3. The SMILES string of the molecule is CCCCCCCCC(C(C)C)P(O)(O)(O)C(C)C. The number of rotatable bonds is 10. The van der Waals surface area contributed by atoms with Crippen LogP contribution in [0.3, 0.4) is 0 Å². The van der Waals surface area contributed by atoms with E-state index in [0.717, 1.165) is 12.8 Å². The molecule has 0 aliphatic rings. The molecular formula is C15H35O3P. The van der Waals surface area contributed by atoms with E-state index in [2.05, 4.69) is 6.92 Å². The van der Waals surface area contributed by atoms with Crippen LogP contribution in [0.1, 0.15) is 79.6 Å². The third kappa shape index (κ3) is 6.08. The van der Waals surface area contributed by atoms with Crippen molar-refractivity contribution in [1.82, 2.24) is 0 Å². The summed E-state index contributed by atoms with van der Waals surface area (Å²) < 4.78 is 0. The molecule has 0 radical (unpaired) electrons. The summed E-state index contributed by atoms with van der Waals surface area (Å²) >= 11 is 0. The topological polar surface area (TPSA) is 60.7 Å². The fourth-order valence-corrected chi connectivity index (χ4v) is 5.26. The number of hydrogen-bond donors (Lipinski definition) is 3. The summed E-state index contributed by atoms with van der Waals surface area (Å²) in [6.45, 7) is 9.54. The van der Waals surface area contributed by atoms with E-state index in [1.807, 2.05) is 13.8 Å². The molecule has 0 fully saturated rings. The van der Waals surface area contributed by atoms with Gasteiger partial charge in [0.25, 0.3) is 0 Å². The molecule has 19 heavy (non-hydrogen) atoms. The van der Waals surface area contributed by atoms with Gasteiger partial charge >= 0.3 is 119 Å². The maximum atomic E-state index is 10.4. The van der Waals surface area contributed by atoms with Crippen molar-refractivity contribution >= 4 is 7.28 Å². The number of unbranched alkanes of at least 4 members (excludes halogenated alkanes) is 5. The van der Waals surface area contributed by atoms with E-state index in [4.69, 9.17) is 0 Å². The Labute approximate surface area is 119 Å². The molecule has 3 nitrogen and oxygen atoms in total. The van der Waals surface area contributed by atoms with E-state index in [1.165, 1.54) is 25.7 Å². The van der Waals surface area contributed by atoms with Crippen LogP contribution in [0.5, 0.6) is 0 Å². The fourth-order valence-electron chi connectivity index (χ4n) is 2.67. The standard InChI is InChI=1S/C15H35O3P/c1-6-7-8-9-10-11-12-15(13(2)3)19(16,17,18)14(4)5/h13-18H,6-12H2,1-5H3. The zero-order valence-electron chi connectivity index (χ0n) is 13.5. The van der Waals surface area contributed by atoms with Crippen molar-refractivity contribution in [2.24, 2.45) is 5.92 Å². The third-order valence-corrected chi connectivity index (χ3v) is 8.36. The van der Waals surface area contributed by atoms with Crippen LogP contribution >= 0.6 is 7.28 Å². The van der Waals surface area contributed by atoms with Gasteiger partial charge in [0.2, 0.25) is 0 Å². The molecule has 0 aliphatic heterocycles. The quantitative estimate of drug-likeness (QED) is 0.412. The van der Waals surface area contributed by atoms with Crippen molar-refractivity contribution in [3.63, 3.8) is 0 Å². The van der Waals surface area contributed by atoms with Gasteiger partial charge in [-0.05, 0) is 0 Å². The fraction of sp³-hybridized carbons (Fsp3) is 1.00. The van der Waals surface area contributed by atoms with Gasteiger partial charge in [-0.25, -0.2) is 0 Å². The zero-order valence-corrected chi connectivity index (χ0v) is 14.4. The van der Waals surface area contributed by atoms with Crippen molar-refractivity contribution in [2.45, 2.75) is 90.9 Å². The van der Waals surface area contributed by atoms with Gasteiger partial charge in [-0.1, -0.05) is 0 Å². The van der Waals surface area contributed by atoms with Crippen LogP contribution in [0, 0.1) is 5.92 Å². The van der Waals surface area contributed by atoms with E-state index in [9.17, 15) is 14.7 Å². The van der Waals surface area contributed by atoms with Gasteiger partial charge in [-0.2, -0.15) is 0 Å². The van der Waals surface area contributed by atoms with Crippen LogP contribution in [0.2, 0.25) is 0 Å². The summed E-state index contributed by atoms with van der Waals surface area (Å²) in [5.74, 6) is 0.0932. The Hall–Kier alpha value is 0.310. The minimum absolute atomic E-state index is 0.0932. The maximum absolute atomic E-state index is 10.4. The van der Waals surface area contributed by atoms with E-state index in [1.54, 1.807) is 13.8 Å². The Morgan fingerprint density at radius 3 is 1.68 bits per heavy atom. The van der Waals surface area contributed by atoms with Gasteiger partial charge in [0.1, 0.15) is 0 Å². The zero-order chi connectivity index (χ0) is 15.1. The molecular weight excluding hydrogens is 259 g/mol. The van der Waals surface area contributed by atoms with Crippen LogP contribution in [-0.4, -0.2) is 26.0 Å². The molecule has 0 aromatic heterocycles. The second-order valence-electron chi connectivity index (χ2n) is 6.57.